The molecule has 0 saturated carbocycles. The Bertz CT molecular complexity index is 1420. The number of fused-ring (bicyclic) bond motifs is 2. The van der Waals surface area contributed by atoms with Crippen LogP contribution in [0.15, 0.2) is 66.1 Å². The first-order valence-corrected chi connectivity index (χ1v) is 8.81. The quantitative estimate of drug-likeness (QED) is 0.511. The predicted molar refractivity (Wildman–Crippen MR) is 104 cm³/mol. The van der Waals surface area contributed by atoms with Gasteiger partial charge in [-0.25, -0.2) is 13.8 Å². The van der Waals surface area contributed by atoms with Crippen LogP contribution >= 0.6 is 0 Å². The summed E-state index contributed by atoms with van der Waals surface area (Å²) in [6, 6.07) is 9.46. The van der Waals surface area contributed by atoms with Crippen molar-refractivity contribution in [1.29, 1.82) is 0 Å². The highest BCUT2D eigenvalue weighted by Gasteiger charge is 2.16. The molecule has 2 aromatic carbocycles. The lowest BCUT2D eigenvalue weighted by Gasteiger charge is -2.11. The van der Waals surface area contributed by atoms with Crippen molar-refractivity contribution in [3.8, 4) is 11.1 Å². The van der Waals surface area contributed by atoms with E-state index in [1.165, 1.54) is 41.5 Å². The average Bonchev–Trinajstić information content (AvgIpc) is 3.21. The first kappa shape index (κ1) is 17.2. The van der Waals surface area contributed by atoms with E-state index >= 15 is 0 Å². The zero-order valence-electron chi connectivity index (χ0n) is 14.9. The summed E-state index contributed by atoms with van der Waals surface area (Å²) in [5.41, 5.74) is 1.67. The second-order valence-corrected chi connectivity index (χ2v) is 6.63. The summed E-state index contributed by atoms with van der Waals surface area (Å²) in [5.74, 6) is -1.47. The molecule has 0 fully saturated rings. The SMILES string of the molecule is O=c1c2ccncc2ncn1Cc1c(F)cc(-c2cccc3[nH]ncc23)cc1F. The van der Waals surface area contributed by atoms with Gasteiger partial charge in [-0.1, -0.05) is 12.1 Å². The molecule has 3 aromatic heterocycles. The Hall–Kier alpha value is -3.94. The molecule has 5 aromatic rings. The third-order valence-corrected chi connectivity index (χ3v) is 4.89. The molecule has 0 aliphatic carbocycles. The summed E-state index contributed by atoms with van der Waals surface area (Å²) < 4.78 is 30.9. The summed E-state index contributed by atoms with van der Waals surface area (Å²) >= 11 is 0. The van der Waals surface area contributed by atoms with Gasteiger partial charge in [0.15, 0.2) is 0 Å². The van der Waals surface area contributed by atoms with Gasteiger partial charge < -0.3 is 0 Å². The highest BCUT2D eigenvalue weighted by Crippen LogP contribution is 2.30. The van der Waals surface area contributed by atoms with E-state index in [1.807, 2.05) is 6.07 Å². The molecular weight excluding hydrogens is 376 g/mol. The number of nitrogens with one attached hydrogen (secondary N) is 1. The third kappa shape index (κ3) is 2.85. The maximum absolute atomic E-state index is 14.8. The topological polar surface area (TPSA) is 76.5 Å². The van der Waals surface area contributed by atoms with E-state index in [2.05, 4.69) is 20.2 Å². The van der Waals surface area contributed by atoms with Crippen molar-refractivity contribution < 1.29 is 8.78 Å². The second kappa shape index (κ2) is 6.59. The number of pyridine rings is 1. The maximum atomic E-state index is 14.8. The molecule has 0 radical (unpaired) electrons. The number of hydrogen-bond donors (Lipinski definition) is 1. The smallest absolute Gasteiger partial charge is 0.261 e. The number of aromatic amines is 1. The van der Waals surface area contributed by atoms with Gasteiger partial charge in [-0.15, -0.1) is 0 Å². The van der Waals surface area contributed by atoms with Crippen LogP contribution < -0.4 is 5.56 Å². The number of halogens is 2. The van der Waals surface area contributed by atoms with Crippen LogP contribution in [0, 0.1) is 11.6 Å². The molecule has 5 rings (SSSR count). The van der Waals surface area contributed by atoms with Gasteiger partial charge in [-0.3, -0.25) is 19.4 Å². The minimum Gasteiger partial charge on any atom is -0.294 e. The van der Waals surface area contributed by atoms with E-state index in [-0.39, 0.29) is 17.7 Å². The van der Waals surface area contributed by atoms with Crippen molar-refractivity contribution in [2.24, 2.45) is 0 Å². The van der Waals surface area contributed by atoms with Gasteiger partial charge >= 0.3 is 0 Å². The highest BCUT2D eigenvalue weighted by molar-refractivity contribution is 5.94. The van der Waals surface area contributed by atoms with Crippen LogP contribution in [0.5, 0.6) is 0 Å². The molecule has 1 N–H and O–H groups in total. The van der Waals surface area contributed by atoms with E-state index in [4.69, 9.17) is 0 Å². The zero-order valence-corrected chi connectivity index (χ0v) is 14.9. The molecule has 0 spiro atoms. The lowest BCUT2D eigenvalue weighted by Crippen LogP contribution is -2.22. The Morgan fingerprint density at radius 3 is 2.69 bits per heavy atom. The first-order chi connectivity index (χ1) is 14.1. The van der Waals surface area contributed by atoms with E-state index in [0.29, 0.717) is 22.0 Å². The summed E-state index contributed by atoms with van der Waals surface area (Å²) in [7, 11) is 0. The summed E-state index contributed by atoms with van der Waals surface area (Å²) in [6.45, 7) is -0.266. The minimum atomic E-state index is -0.734. The summed E-state index contributed by atoms with van der Waals surface area (Å²) in [4.78, 5) is 20.7. The molecule has 6 nitrogen and oxygen atoms in total. The van der Waals surface area contributed by atoms with Crippen LogP contribution in [0.3, 0.4) is 0 Å². The molecule has 142 valence electrons. The standard InChI is InChI=1S/C21H13F2N5O/c22-17-6-12(13-2-1-3-19-15(13)8-26-27-19)7-18(23)16(17)10-28-11-25-20-9-24-5-4-14(20)21(28)29/h1-9,11H,10H2,(H,26,27). The molecule has 0 aliphatic heterocycles. The van der Waals surface area contributed by atoms with Crippen molar-refractivity contribution in [1.82, 2.24) is 24.7 Å². The highest BCUT2D eigenvalue weighted by atomic mass is 19.1. The van der Waals surface area contributed by atoms with Gasteiger partial charge in [0.25, 0.3) is 5.56 Å². The molecule has 0 unspecified atom stereocenters. The Morgan fingerprint density at radius 2 is 1.86 bits per heavy atom. The largest absolute Gasteiger partial charge is 0.294 e. The van der Waals surface area contributed by atoms with Crippen molar-refractivity contribution >= 4 is 21.8 Å². The van der Waals surface area contributed by atoms with Crippen molar-refractivity contribution in [3.05, 3.63) is 88.9 Å². The number of nitrogens with zero attached hydrogens (tertiary/aromatic N) is 4. The van der Waals surface area contributed by atoms with Crippen LogP contribution in [-0.4, -0.2) is 24.7 Å². The third-order valence-electron chi connectivity index (χ3n) is 4.89. The summed E-state index contributed by atoms with van der Waals surface area (Å²) in [6.07, 6.45) is 5.82. The maximum Gasteiger partial charge on any atom is 0.261 e. The number of rotatable bonds is 3. The Morgan fingerprint density at radius 1 is 1.03 bits per heavy atom. The fourth-order valence-electron chi connectivity index (χ4n) is 3.42. The van der Waals surface area contributed by atoms with Gasteiger partial charge in [0.2, 0.25) is 0 Å². The minimum absolute atomic E-state index is 0.203. The first-order valence-electron chi connectivity index (χ1n) is 8.81. The Balaban J connectivity index is 1.58. The zero-order chi connectivity index (χ0) is 20.0. The monoisotopic (exact) mass is 389 g/mol. The van der Waals surface area contributed by atoms with Crippen molar-refractivity contribution in [3.63, 3.8) is 0 Å². The van der Waals surface area contributed by atoms with Gasteiger partial charge in [0.05, 0.1) is 41.7 Å². The van der Waals surface area contributed by atoms with E-state index in [1.54, 1.807) is 18.3 Å². The van der Waals surface area contributed by atoms with Gasteiger partial charge in [-0.2, -0.15) is 5.10 Å². The molecule has 0 amide bonds. The van der Waals surface area contributed by atoms with Gasteiger partial charge in [0, 0.05) is 17.1 Å². The molecule has 8 heteroatoms. The predicted octanol–water partition coefficient (Wildman–Crippen LogP) is 3.66. The summed E-state index contributed by atoms with van der Waals surface area (Å²) in [5, 5.41) is 7.92. The second-order valence-electron chi connectivity index (χ2n) is 6.63. The van der Waals surface area contributed by atoms with Crippen molar-refractivity contribution in [2.45, 2.75) is 6.54 Å². The molecule has 0 bridgehead atoms. The number of hydrogen-bond acceptors (Lipinski definition) is 4. The number of H-pyrrole nitrogens is 1. The molecule has 0 aliphatic rings. The van der Waals surface area contributed by atoms with Crippen LogP contribution in [-0.2, 0) is 6.54 Å². The van der Waals surface area contributed by atoms with Crippen LogP contribution in [0.2, 0.25) is 0 Å². The Kier molecular flexibility index (Phi) is 3.90. The average molecular weight is 389 g/mol. The van der Waals surface area contributed by atoms with Gasteiger partial charge in [0.1, 0.15) is 11.6 Å². The van der Waals surface area contributed by atoms with Crippen LogP contribution in [0.4, 0.5) is 8.78 Å². The fourth-order valence-corrected chi connectivity index (χ4v) is 3.42. The van der Waals surface area contributed by atoms with Crippen LogP contribution in [0.25, 0.3) is 32.9 Å². The van der Waals surface area contributed by atoms with E-state index in [0.717, 1.165) is 10.9 Å². The lowest BCUT2D eigenvalue weighted by molar-refractivity contribution is 0.541. The molecular formula is C21H13F2N5O. The number of aromatic nitrogens is 5. The number of benzene rings is 2. The molecule has 29 heavy (non-hydrogen) atoms. The Labute approximate surface area is 162 Å². The molecule has 0 saturated heterocycles. The lowest BCUT2D eigenvalue weighted by atomic mass is 10.00. The van der Waals surface area contributed by atoms with E-state index < -0.39 is 11.6 Å². The van der Waals surface area contributed by atoms with Crippen LogP contribution in [0.1, 0.15) is 5.56 Å². The van der Waals surface area contributed by atoms with Gasteiger partial charge in [-0.05, 0) is 35.4 Å². The fraction of sp³-hybridized carbons (Fsp3) is 0.0476. The molecule has 0 atom stereocenters. The normalized spacial score (nSPS) is 11.4. The van der Waals surface area contributed by atoms with Crippen molar-refractivity contribution in [2.75, 3.05) is 0 Å². The molecule has 3 heterocycles. The van der Waals surface area contributed by atoms with E-state index in [9.17, 15) is 13.6 Å².